The summed E-state index contributed by atoms with van der Waals surface area (Å²) < 4.78 is 6.90. The van der Waals surface area contributed by atoms with E-state index in [4.69, 9.17) is 27.9 Å². The first-order valence-electron chi connectivity index (χ1n) is 5.86. The summed E-state index contributed by atoms with van der Waals surface area (Å²) in [7, 11) is 1.66. The Labute approximate surface area is 122 Å². The molecule has 2 aromatic rings. The highest BCUT2D eigenvalue weighted by Crippen LogP contribution is 2.27. The van der Waals surface area contributed by atoms with E-state index in [2.05, 4.69) is 10.3 Å². The molecule has 0 aliphatic rings. The van der Waals surface area contributed by atoms with Gasteiger partial charge < -0.3 is 10.1 Å². The maximum absolute atomic E-state index is 6.21. The predicted molar refractivity (Wildman–Crippen MR) is 78.7 cm³/mol. The fourth-order valence-electron chi connectivity index (χ4n) is 1.74. The Morgan fingerprint density at radius 1 is 1.37 bits per heavy atom. The molecule has 6 heteroatoms. The molecule has 0 saturated carbocycles. The third-order valence-electron chi connectivity index (χ3n) is 2.58. The molecule has 0 unspecified atom stereocenters. The van der Waals surface area contributed by atoms with Gasteiger partial charge in [-0.15, -0.1) is 0 Å². The number of methoxy groups -OCH3 is 1. The molecule has 1 aromatic carbocycles. The van der Waals surface area contributed by atoms with E-state index in [1.54, 1.807) is 19.2 Å². The van der Waals surface area contributed by atoms with Crippen LogP contribution in [0.15, 0.2) is 24.4 Å². The van der Waals surface area contributed by atoms with Crippen molar-refractivity contribution in [2.24, 2.45) is 0 Å². The lowest BCUT2D eigenvalue weighted by molar-refractivity contribution is 0.210. The molecule has 2 rings (SSSR count). The van der Waals surface area contributed by atoms with E-state index in [1.807, 2.05) is 23.8 Å². The maximum Gasteiger partial charge on any atom is 0.207 e. The van der Waals surface area contributed by atoms with Gasteiger partial charge in [0.05, 0.1) is 23.0 Å². The summed E-state index contributed by atoms with van der Waals surface area (Å²) in [6, 6.07) is 5.34. The summed E-state index contributed by atoms with van der Waals surface area (Å²) in [5, 5.41) is 4.46. The van der Waals surface area contributed by atoms with Crippen molar-refractivity contribution in [3.05, 3.63) is 40.1 Å². The van der Waals surface area contributed by atoms with E-state index >= 15 is 0 Å². The average Bonchev–Trinajstić information content (AvgIpc) is 2.74. The van der Waals surface area contributed by atoms with Gasteiger partial charge in [-0.05, 0) is 25.1 Å². The average molecular weight is 300 g/mol. The Kier molecular flexibility index (Phi) is 4.69. The summed E-state index contributed by atoms with van der Waals surface area (Å²) in [6.07, 6.45) is 1.91. The molecule has 0 saturated heterocycles. The second kappa shape index (κ2) is 6.28. The normalized spacial score (nSPS) is 10.7. The van der Waals surface area contributed by atoms with Crippen LogP contribution in [-0.2, 0) is 4.74 Å². The minimum absolute atomic E-state index is 0.606. The molecule has 0 spiro atoms. The molecule has 0 aliphatic carbocycles. The van der Waals surface area contributed by atoms with Gasteiger partial charge in [0.15, 0.2) is 0 Å². The molecule has 0 amide bonds. The van der Waals surface area contributed by atoms with Crippen molar-refractivity contribution < 1.29 is 4.74 Å². The zero-order valence-electron chi connectivity index (χ0n) is 10.8. The first-order chi connectivity index (χ1) is 9.11. The van der Waals surface area contributed by atoms with Crippen LogP contribution in [0.2, 0.25) is 10.0 Å². The number of rotatable bonds is 5. The summed E-state index contributed by atoms with van der Waals surface area (Å²) in [6.45, 7) is 3.21. The van der Waals surface area contributed by atoms with Gasteiger partial charge in [0, 0.05) is 24.9 Å². The first-order valence-corrected chi connectivity index (χ1v) is 6.61. The van der Waals surface area contributed by atoms with E-state index in [9.17, 15) is 0 Å². The molecule has 4 nitrogen and oxygen atoms in total. The summed E-state index contributed by atoms with van der Waals surface area (Å²) >= 11 is 12.2. The monoisotopic (exact) mass is 299 g/mol. The Hall–Kier alpha value is -1.23. The second-order valence-electron chi connectivity index (χ2n) is 4.09. The van der Waals surface area contributed by atoms with Crippen LogP contribution in [0.3, 0.4) is 0 Å². The Morgan fingerprint density at radius 2 is 2.16 bits per heavy atom. The van der Waals surface area contributed by atoms with E-state index in [0.717, 1.165) is 17.3 Å². The van der Waals surface area contributed by atoms with E-state index in [-0.39, 0.29) is 0 Å². The standard InChI is InChI=1S/C13H15Cl2N3O/c1-9-8-18(13(17-9)16-5-6-19-2)12-7-10(14)3-4-11(12)15/h3-4,7-8H,5-6H2,1-2H3,(H,16,17). The molecule has 0 radical (unpaired) electrons. The largest absolute Gasteiger partial charge is 0.383 e. The van der Waals surface area contributed by atoms with Crippen molar-refractivity contribution >= 4 is 29.2 Å². The van der Waals surface area contributed by atoms with Crippen LogP contribution in [0.4, 0.5) is 5.95 Å². The molecule has 1 N–H and O–H groups in total. The lowest BCUT2D eigenvalue weighted by Gasteiger charge is -2.11. The number of halogens is 2. The van der Waals surface area contributed by atoms with Crippen molar-refractivity contribution in [1.29, 1.82) is 0 Å². The van der Waals surface area contributed by atoms with Crippen molar-refractivity contribution in [2.45, 2.75) is 6.92 Å². The Morgan fingerprint density at radius 3 is 2.89 bits per heavy atom. The first kappa shape index (κ1) is 14.2. The number of anilines is 1. The van der Waals surface area contributed by atoms with Crippen LogP contribution < -0.4 is 5.32 Å². The third kappa shape index (κ3) is 3.41. The van der Waals surface area contributed by atoms with Gasteiger partial charge in [0.1, 0.15) is 0 Å². The van der Waals surface area contributed by atoms with Gasteiger partial charge in [-0.25, -0.2) is 4.98 Å². The van der Waals surface area contributed by atoms with Crippen LogP contribution in [0, 0.1) is 6.92 Å². The predicted octanol–water partition coefficient (Wildman–Crippen LogP) is 3.55. The van der Waals surface area contributed by atoms with Gasteiger partial charge in [-0.2, -0.15) is 0 Å². The number of hydrogen-bond acceptors (Lipinski definition) is 3. The van der Waals surface area contributed by atoms with Gasteiger partial charge in [0.2, 0.25) is 5.95 Å². The topological polar surface area (TPSA) is 39.1 Å². The molecule has 102 valence electrons. The molecule has 0 atom stereocenters. The van der Waals surface area contributed by atoms with Crippen molar-refractivity contribution in [3.63, 3.8) is 0 Å². The highest BCUT2D eigenvalue weighted by Gasteiger charge is 2.10. The number of benzene rings is 1. The number of nitrogens with zero attached hydrogens (tertiary/aromatic N) is 2. The Bertz CT molecular complexity index is 569. The van der Waals surface area contributed by atoms with E-state index in [1.165, 1.54) is 0 Å². The smallest absolute Gasteiger partial charge is 0.207 e. The zero-order valence-corrected chi connectivity index (χ0v) is 12.3. The fraction of sp³-hybridized carbons (Fsp3) is 0.308. The molecule has 0 bridgehead atoms. The van der Waals surface area contributed by atoms with Gasteiger partial charge in [-0.1, -0.05) is 23.2 Å². The van der Waals surface area contributed by atoms with Gasteiger partial charge in [-0.3, -0.25) is 4.57 Å². The van der Waals surface area contributed by atoms with Crippen LogP contribution >= 0.6 is 23.2 Å². The number of imidazole rings is 1. The molecule has 0 fully saturated rings. The molecular formula is C13H15Cl2N3O. The quantitative estimate of drug-likeness (QED) is 0.858. The van der Waals surface area contributed by atoms with E-state index < -0.39 is 0 Å². The maximum atomic E-state index is 6.21. The SMILES string of the molecule is COCCNc1nc(C)cn1-c1cc(Cl)ccc1Cl. The lowest BCUT2D eigenvalue weighted by Crippen LogP contribution is -2.11. The van der Waals surface area contributed by atoms with E-state index in [0.29, 0.717) is 23.2 Å². The number of hydrogen-bond donors (Lipinski definition) is 1. The highest BCUT2D eigenvalue weighted by atomic mass is 35.5. The van der Waals surface area contributed by atoms with Crippen LogP contribution in [0.1, 0.15) is 5.69 Å². The van der Waals surface area contributed by atoms with Gasteiger partial charge >= 0.3 is 0 Å². The van der Waals surface area contributed by atoms with Gasteiger partial charge in [0.25, 0.3) is 0 Å². The minimum Gasteiger partial charge on any atom is -0.383 e. The highest BCUT2D eigenvalue weighted by molar-refractivity contribution is 6.34. The van der Waals surface area contributed by atoms with Crippen molar-refractivity contribution in [3.8, 4) is 5.69 Å². The van der Waals surface area contributed by atoms with Crippen LogP contribution in [-0.4, -0.2) is 29.8 Å². The second-order valence-corrected chi connectivity index (χ2v) is 4.93. The molecule has 19 heavy (non-hydrogen) atoms. The summed E-state index contributed by atoms with van der Waals surface area (Å²) in [4.78, 5) is 4.42. The minimum atomic E-state index is 0.606. The number of aryl methyl sites for hydroxylation is 1. The number of nitrogens with one attached hydrogen (secondary N) is 1. The third-order valence-corrected chi connectivity index (χ3v) is 3.14. The van der Waals surface area contributed by atoms with Crippen LogP contribution in [0.5, 0.6) is 0 Å². The van der Waals surface area contributed by atoms with Crippen LogP contribution in [0.25, 0.3) is 5.69 Å². The zero-order chi connectivity index (χ0) is 13.8. The number of aromatic nitrogens is 2. The summed E-state index contributed by atoms with van der Waals surface area (Å²) in [5.41, 5.74) is 1.70. The number of ether oxygens (including phenoxy) is 1. The fourth-order valence-corrected chi connectivity index (χ4v) is 2.12. The molecule has 0 aliphatic heterocycles. The van der Waals surface area contributed by atoms with Crippen molar-refractivity contribution in [1.82, 2.24) is 9.55 Å². The molecular weight excluding hydrogens is 285 g/mol. The summed E-state index contributed by atoms with van der Waals surface area (Å²) in [5.74, 6) is 0.721. The Balaban J connectivity index is 2.35. The lowest BCUT2D eigenvalue weighted by atomic mass is 10.3. The van der Waals surface area contributed by atoms with Crippen molar-refractivity contribution in [2.75, 3.05) is 25.6 Å². The molecule has 1 heterocycles. The molecule has 1 aromatic heterocycles.